The zero-order chi connectivity index (χ0) is 11.0. The average Bonchev–Trinajstić information content (AvgIpc) is 2.68. The molecule has 0 N–H and O–H groups in total. The molecule has 2 heterocycles. The fraction of sp³-hybridized carbons (Fsp3) is 0.250. The van der Waals surface area contributed by atoms with Crippen LogP contribution in [0.15, 0.2) is 16.4 Å². The van der Waals surface area contributed by atoms with Crippen LogP contribution in [0.4, 0.5) is 0 Å². The van der Waals surface area contributed by atoms with Gasteiger partial charge in [0.15, 0.2) is 0 Å². The topological polar surface area (TPSA) is 48.4 Å². The van der Waals surface area contributed by atoms with Gasteiger partial charge in [0.25, 0.3) is 0 Å². The maximum absolute atomic E-state index is 11.9. The first kappa shape index (κ1) is 11.4. The van der Waals surface area contributed by atoms with Gasteiger partial charge in [-0.1, -0.05) is 0 Å². The van der Waals surface area contributed by atoms with Gasteiger partial charge < -0.3 is 0 Å². The van der Waals surface area contributed by atoms with E-state index in [1.165, 1.54) is 15.7 Å². The molecule has 0 aromatic carbocycles. The molecule has 2 aromatic heterocycles. The van der Waals surface area contributed by atoms with Gasteiger partial charge in [0.2, 0.25) is 0 Å². The predicted molar refractivity (Wildman–Crippen MR) is 52.3 cm³/mol. The van der Waals surface area contributed by atoms with E-state index >= 15 is 0 Å². The average molecular weight is 431 g/mol. The normalized spacial score (nSPS) is 10.5. The van der Waals surface area contributed by atoms with E-state index in [0.717, 1.165) is 0 Å². The molecule has 0 aliphatic rings. The minimum absolute atomic E-state index is 0.179. The Morgan fingerprint density at radius 3 is 3.07 bits per heavy atom. The standard InChI is InChI=1S/C8H7N2O2S.ClH.Hg/c1-2-9-6(11)5-7(12)10-3-4-13-8(9)10;;/h3-4H,2H2,1H3;1H;/q;;+1/p-1. The van der Waals surface area contributed by atoms with Crippen LogP contribution in [0, 0.1) is 0 Å². The van der Waals surface area contributed by atoms with Crippen LogP contribution in [-0.2, 0) is 29.9 Å². The Morgan fingerprint density at radius 1 is 1.73 bits per heavy atom. The number of aromatic nitrogens is 2. The molecule has 0 saturated carbocycles. The van der Waals surface area contributed by atoms with Gasteiger partial charge in [0, 0.05) is 0 Å². The summed E-state index contributed by atoms with van der Waals surface area (Å²) in [4.78, 5) is 12.5. The minimum atomic E-state index is -1.98. The summed E-state index contributed by atoms with van der Waals surface area (Å²) >= 11 is -0.585. The Kier molecular flexibility index (Phi) is 3.32. The van der Waals surface area contributed by atoms with Gasteiger partial charge >= 0.3 is 106 Å². The Morgan fingerprint density at radius 2 is 2.47 bits per heavy atom. The summed E-state index contributed by atoms with van der Waals surface area (Å²) in [6, 6.07) is 0. The summed E-state index contributed by atoms with van der Waals surface area (Å²) in [5.41, 5.74) is -0.211. The molecule has 0 fully saturated rings. The summed E-state index contributed by atoms with van der Waals surface area (Å²) in [6.07, 6.45) is 1.69. The van der Waals surface area contributed by atoms with Crippen LogP contribution in [-0.4, -0.2) is 4.40 Å². The number of fused-ring (bicyclic) bond motifs is 1. The molecule has 2 aromatic rings. The number of rotatable bonds is 2. The van der Waals surface area contributed by atoms with Crippen LogP contribution < -0.4 is 18.3 Å². The Balaban J connectivity index is 2.97. The van der Waals surface area contributed by atoms with Crippen LogP contribution in [0.25, 0.3) is 4.96 Å². The molecule has 0 amide bonds. The molecule has 2 rings (SSSR count). The van der Waals surface area contributed by atoms with Crippen LogP contribution in [0.1, 0.15) is 6.92 Å². The molecule has 0 saturated heterocycles. The zero-order valence-electron chi connectivity index (χ0n) is 8.07. The van der Waals surface area contributed by atoms with E-state index in [0.29, 0.717) is 14.6 Å². The Labute approximate surface area is 106 Å². The molecule has 7 heteroatoms. The SMILES string of the molecule is CC[n+]1c([O-])[c]([Hg][Cl])c(=O)n2ccsc21. The van der Waals surface area contributed by atoms with E-state index in [4.69, 9.17) is 8.25 Å². The molecule has 0 atom stereocenters. The second-order valence-electron chi connectivity index (χ2n) is 3.02. The molecule has 76 valence electrons. The number of aryl methyl sites for hydroxylation is 1. The number of halogens is 1. The Hall–Kier alpha value is -0.135. The van der Waals surface area contributed by atoms with E-state index in [9.17, 15) is 9.90 Å². The van der Waals surface area contributed by atoms with Crippen molar-refractivity contribution in [2.45, 2.75) is 13.5 Å². The van der Waals surface area contributed by atoms with E-state index in [1.807, 2.05) is 6.92 Å². The van der Waals surface area contributed by atoms with Gasteiger partial charge in [0.1, 0.15) is 0 Å². The van der Waals surface area contributed by atoms with E-state index in [1.54, 1.807) is 16.1 Å². The van der Waals surface area contributed by atoms with Gasteiger partial charge in [-0.05, 0) is 0 Å². The number of hydrogen-bond donors (Lipinski definition) is 0. The van der Waals surface area contributed by atoms with E-state index < -0.39 is 23.3 Å². The number of nitrogens with zero attached hydrogens (tertiary/aromatic N) is 2. The van der Waals surface area contributed by atoms with Crippen molar-refractivity contribution in [3.05, 3.63) is 21.9 Å². The molecule has 0 bridgehead atoms. The van der Waals surface area contributed by atoms with Crippen LogP contribution >= 0.6 is 19.6 Å². The molecular formula is C8H7ClHgN2O2S. The predicted octanol–water partition coefficient (Wildman–Crippen LogP) is -0.396. The number of thiazole rings is 1. The molecule has 0 spiro atoms. The molecular weight excluding hydrogens is 424 g/mol. The molecule has 0 aliphatic heterocycles. The molecule has 0 unspecified atom stereocenters. The van der Waals surface area contributed by atoms with Gasteiger partial charge in [0.05, 0.1) is 0 Å². The Bertz CT molecular complexity index is 566. The first-order valence-electron chi connectivity index (χ1n) is 4.48. The van der Waals surface area contributed by atoms with Crippen molar-refractivity contribution in [1.29, 1.82) is 0 Å². The summed E-state index contributed by atoms with van der Waals surface area (Å²) in [6.45, 7) is 2.46. The molecule has 15 heavy (non-hydrogen) atoms. The van der Waals surface area contributed by atoms with Crippen molar-refractivity contribution in [3.63, 3.8) is 0 Å². The van der Waals surface area contributed by atoms with Gasteiger partial charge in [-0.2, -0.15) is 0 Å². The van der Waals surface area contributed by atoms with Crippen LogP contribution in [0.3, 0.4) is 0 Å². The summed E-state index contributed by atoms with van der Waals surface area (Å²) < 4.78 is 3.49. The monoisotopic (exact) mass is 432 g/mol. The van der Waals surface area contributed by atoms with Crippen molar-refractivity contribution < 1.29 is 33.0 Å². The van der Waals surface area contributed by atoms with Crippen molar-refractivity contribution in [2.75, 3.05) is 0 Å². The van der Waals surface area contributed by atoms with Crippen molar-refractivity contribution in [1.82, 2.24) is 4.40 Å². The first-order chi connectivity index (χ1) is 7.20. The third kappa shape index (κ3) is 1.70. The van der Waals surface area contributed by atoms with Gasteiger partial charge in [-0.15, -0.1) is 0 Å². The molecule has 0 aliphatic carbocycles. The fourth-order valence-electron chi connectivity index (χ4n) is 1.50. The van der Waals surface area contributed by atoms with Crippen molar-refractivity contribution >= 4 is 27.6 Å². The summed E-state index contributed by atoms with van der Waals surface area (Å²) in [5, 5.41) is 13.7. The summed E-state index contributed by atoms with van der Waals surface area (Å²) in [5.74, 6) is -0.179. The third-order valence-electron chi connectivity index (χ3n) is 2.25. The van der Waals surface area contributed by atoms with Crippen molar-refractivity contribution in [2.24, 2.45) is 0 Å². The summed E-state index contributed by atoms with van der Waals surface area (Å²) in [7, 11) is 5.83. The molecule has 0 radical (unpaired) electrons. The quantitative estimate of drug-likeness (QED) is 0.481. The maximum atomic E-state index is 11.9. The van der Waals surface area contributed by atoms with Gasteiger partial charge in [-0.25, -0.2) is 0 Å². The zero-order valence-corrected chi connectivity index (χ0v) is 15.1. The van der Waals surface area contributed by atoms with Gasteiger partial charge in [-0.3, -0.25) is 0 Å². The van der Waals surface area contributed by atoms with Crippen LogP contribution in [0.2, 0.25) is 0 Å². The first-order valence-corrected chi connectivity index (χ1v) is 14.9. The van der Waals surface area contributed by atoms with E-state index in [-0.39, 0.29) is 11.4 Å². The third-order valence-corrected chi connectivity index (χ3v) is 8.87. The van der Waals surface area contributed by atoms with Crippen molar-refractivity contribution in [3.8, 4) is 5.88 Å². The second kappa shape index (κ2) is 4.39. The molecule has 4 nitrogen and oxygen atoms in total. The van der Waals surface area contributed by atoms with Crippen LogP contribution in [0.5, 0.6) is 5.88 Å². The van der Waals surface area contributed by atoms with E-state index in [2.05, 4.69) is 0 Å². The fourth-order valence-corrected chi connectivity index (χ4v) is 6.70. The second-order valence-corrected chi connectivity index (χ2v) is 10.0. The number of hydrogen-bond acceptors (Lipinski definition) is 3.